The maximum atomic E-state index is 13.6. The van der Waals surface area contributed by atoms with Crippen molar-refractivity contribution >= 4 is 40.9 Å². The van der Waals surface area contributed by atoms with E-state index in [4.69, 9.17) is 27.9 Å². The molecule has 2 unspecified atom stereocenters. The van der Waals surface area contributed by atoms with Gasteiger partial charge in [-0.05, 0) is 49.2 Å². The molecule has 0 saturated carbocycles. The van der Waals surface area contributed by atoms with Crippen LogP contribution in [-0.4, -0.2) is 65.6 Å². The fraction of sp³-hybridized carbons (Fsp3) is 0.417. The number of ether oxygens (including phenoxy) is 1. The first kappa shape index (κ1) is 24.8. The number of hydrogen-bond donors (Lipinski definition) is 4. The number of carbonyl (C=O) groups is 2. The molecule has 10 heteroatoms. The van der Waals surface area contributed by atoms with E-state index >= 15 is 0 Å². The Morgan fingerprint density at radius 2 is 1.97 bits per heavy atom. The maximum absolute atomic E-state index is 13.6. The summed E-state index contributed by atoms with van der Waals surface area (Å²) in [6.45, 7) is 0.176. The van der Waals surface area contributed by atoms with Crippen LogP contribution in [0.5, 0.6) is 0 Å². The summed E-state index contributed by atoms with van der Waals surface area (Å²) in [5.74, 6) is -0.171. The number of piperidine rings is 1. The van der Waals surface area contributed by atoms with Crippen molar-refractivity contribution < 1.29 is 24.5 Å². The van der Waals surface area contributed by atoms with Gasteiger partial charge in [0.25, 0.3) is 0 Å². The van der Waals surface area contributed by atoms with Gasteiger partial charge in [0.05, 0.1) is 19.3 Å². The highest BCUT2D eigenvalue weighted by Gasteiger charge is 2.52. The molecule has 2 aliphatic heterocycles. The number of alkyl carbamates (subject to hydrolysis) is 1. The van der Waals surface area contributed by atoms with Crippen molar-refractivity contribution in [2.24, 2.45) is 0 Å². The van der Waals surface area contributed by atoms with Crippen LogP contribution >= 0.6 is 23.2 Å². The van der Waals surface area contributed by atoms with E-state index in [9.17, 15) is 19.8 Å². The summed E-state index contributed by atoms with van der Waals surface area (Å²) >= 11 is 12.4. The van der Waals surface area contributed by atoms with Crippen LogP contribution in [0.4, 0.5) is 10.5 Å². The molecule has 1 fully saturated rings. The lowest BCUT2D eigenvalue weighted by atomic mass is 9.81. The first-order valence-electron chi connectivity index (χ1n) is 11.2. The van der Waals surface area contributed by atoms with Crippen LogP contribution in [0, 0.1) is 0 Å². The molecule has 182 valence electrons. The first-order chi connectivity index (χ1) is 16.3. The van der Waals surface area contributed by atoms with E-state index < -0.39 is 37.0 Å². The Morgan fingerprint density at radius 3 is 2.71 bits per heavy atom. The highest BCUT2D eigenvalue weighted by Crippen LogP contribution is 2.45. The molecular weight excluding hydrogens is 481 g/mol. The Kier molecular flexibility index (Phi) is 7.64. The third-order valence-corrected chi connectivity index (χ3v) is 6.82. The van der Waals surface area contributed by atoms with Crippen LogP contribution in [0.1, 0.15) is 24.0 Å². The van der Waals surface area contributed by atoms with Gasteiger partial charge in [0.15, 0.2) is 0 Å². The van der Waals surface area contributed by atoms with Gasteiger partial charge in [0, 0.05) is 34.3 Å². The largest absolute Gasteiger partial charge is 0.445 e. The van der Waals surface area contributed by atoms with E-state index in [1.807, 2.05) is 24.3 Å². The number of carbonyl (C=O) groups excluding carboxylic acids is 2. The fourth-order valence-electron chi connectivity index (χ4n) is 4.75. The zero-order chi connectivity index (χ0) is 24.3. The number of nitrogens with one attached hydrogen (secondary N) is 2. The van der Waals surface area contributed by atoms with Crippen LogP contribution in [0.15, 0.2) is 42.5 Å². The molecule has 2 aliphatic rings. The lowest BCUT2D eigenvalue weighted by molar-refractivity contribution is -0.130. The molecule has 0 aliphatic carbocycles. The molecule has 2 amide bonds. The quantitative estimate of drug-likeness (QED) is 0.458. The normalized spacial score (nSPS) is 22.4. The molecule has 4 rings (SSSR count). The molecule has 2 atom stereocenters. The van der Waals surface area contributed by atoms with E-state index in [0.29, 0.717) is 41.7 Å². The second-order valence-corrected chi connectivity index (χ2v) is 9.51. The van der Waals surface area contributed by atoms with E-state index in [2.05, 4.69) is 15.5 Å². The van der Waals surface area contributed by atoms with Crippen molar-refractivity contribution in [1.82, 2.24) is 10.2 Å². The van der Waals surface area contributed by atoms with Gasteiger partial charge >= 0.3 is 6.09 Å². The molecule has 8 nitrogen and oxygen atoms in total. The Hall–Kier alpha value is -2.36. The minimum atomic E-state index is -1.03. The summed E-state index contributed by atoms with van der Waals surface area (Å²) in [7, 11) is 0. The predicted octanol–water partition coefficient (Wildman–Crippen LogP) is 2.93. The molecule has 0 bridgehead atoms. The topological polar surface area (TPSA) is 111 Å². The van der Waals surface area contributed by atoms with Crippen molar-refractivity contribution in [2.75, 3.05) is 31.6 Å². The van der Waals surface area contributed by atoms with Gasteiger partial charge < -0.3 is 25.6 Å². The second kappa shape index (κ2) is 10.5. The van der Waals surface area contributed by atoms with Crippen molar-refractivity contribution in [3.63, 3.8) is 0 Å². The van der Waals surface area contributed by atoms with E-state index in [0.717, 1.165) is 17.5 Å². The second-order valence-electron chi connectivity index (χ2n) is 8.63. The number of amides is 2. The van der Waals surface area contributed by atoms with Crippen LogP contribution in [0.25, 0.3) is 0 Å². The Bertz CT molecular complexity index is 1060. The third kappa shape index (κ3) is 5.01. The number of nitrogens with zero attached hydrogens (tertiary/aromatic N) is 1. The monoisotopic (exact) mass is 507 g/mol. The molecule has 2 aromatic rings. The molecular formula is C24H27Cl2N3O5. The number of aliphatic hydroxyl groups excluding tert-OH is 2. The smallest absolute Gasteiger partial charge is 0.407 e. The van der Waals surface area contributed by atoms with Crippen LogP contribution in [-0.2, 0) is 21.5 Å². The average Bonchev–Trinajstić information content (AvgIpc) is 3.08. The van der Waals surface area contributed by atoms with Gasteiger partial charge in [-0.15, -0.1) is 0 Å². The van der Waals surface area contributed by atoms with Gasteiger partial charge in [-0.3, -0.25) is 9.69 Å². The summed E-state index contributed by atoms with van der Waals surface area (Å²) in [5, 5.41) is 24.9. The number of likely N-dealkylation sites (tertiary alicyclic amines) is 1. The highest BCUT2D eigenvalue weighted by atomic mass is 35.5. The summed E-state index contributed by atoms with van der Waals surface area (Å²) in [5.41, 5.74) is 1.35. The predicted molar refractivity (Wildman–Crippen MR) is 129 cm³/mol. The van der Waals surface area contributed by atoms with Crippen LogP contribution in [0.2, 0.25) is 10.0 Å². The summed E-state index contributed by atoms with van der Waals surface area (Å²) in [6, 6.07) is 12.0. The average molecular weight is 508 g/mol. The summed E-state index contributed by atoms with van der Waals surface area (Å²) in [4.78, 5) is 27.9. The summed E-state index contributed by atoms with van der Waals surface area (Å²) < 4.78 is 5.58. The third-order valence-electron chi connectivity index (χ3n) is 6.35. The molecule has 0 spiro atoms. The minimum absolute atomic E-state index is 0.171. The van der Waals surface area contributed by atoms with Crippen molar-refractivity contribution in [3.05, 3.63) is 63.6 Å². The molecule has 0 aromatic heterocycles. The Balaban J connectivity index is 1.64. The number of aliphatic hydroxyl groups is 2. The van der Waals surface area contributed by atoms with E-state index in [1.165, 1.54) is 0 Å². The zero-order valence-electron chi connectivity index (χ0n) is 18.5. The van der Waals surface area contributed by atoms with Gasteiger partial charge in [0.2, 0.25) is 5.91 Å². The van der Waals surface area contributed by atoms with E-state index in [-0.39, 0.29) is 5.91 Å². The van der Waals surface area contributed by atoms with Crippen molar-refractivity contribution in [1.29, 1.82) is 0 Å². The van der Waals surface area contributed by atoms with Gasteiger partial charge in [-0.2, -0.15) is 0 Å². The van der Waals surface area contributed by atoms with Gasteiger partial charge in [0.1, 0.15) is 11.6 Å². The van der Waals surface area contributed by atoms with Gasteiger partial charge in [-0.25, -0.2) is 4.79 Å². The Labute approximate surface area is 207 Å². The number of anilines is 1. The zero-order valence-corrected chi connectivity index (χ0v) is 20.0. The van der Waals surface area contributed by atoms with Crippen LogP contribution in [0.3, 0.4) is 0 Å². The first-order valence-corrected chi connectivity index (χ1v) is 11.9. The minimum Gasteiger partial charge on any atom is -0.445 e. The molecule has 0 radical (unpaired) electrons. The number of benzene rings is 2. The van der Waals surface area contributed by atoms with E-state index in [1.54, 1.807) is 18.2 Å². The molecule has 1 saturated heterocycles. The molecule has 4 N–H and O–H groups in total. The number of rotatable bonds is 7. The molecule has 34 heavy (non-hydrogen) atoms. The lowest BCUT2D eigenvalue weighted by Gasteiger charge is -2.44. The number of fused-ring (bicyclic) bond motifs is 1. The number of halogens is 2. The van der Waals surface area contributed by atoms with Gasteiger partial charge in [-0.1, -0.05) is 41.4 Å². The standard InChI is InChI=1S/C24H27Cl2N3O5/c25-16-4-1-3-15(9-16)11-24(20-7-6-17(26)10-21(20)28-22(24)32)29-8-2-5-19(12-29)34-23(33)27-18(13-30)14-31/h1,3-4,6-7,9-10,18-19,30-31H,2,5,8,11-14H2,(H,27,33)(H,28,32). The number of hydrogen-bond acceptors (Lipinski definition) is 6. The highest BCUT2D eigenvalue weighted by molar-refractivity contribution is 6.31. The van der Waals surface area contributed by atoms with Crippen molar-refractivity contribution in [2.45, 2.75) is 36.9 Å². The lowest BCUT2D eigenvalue weighted by Crippen LogP contribution is -2.57. The molecule has 2 heterocycles. The Morgan fingerprint density at radius 1 is 1.21 bits per heavy atom. The summed E-state index contributed by atoms with van der Waals surface area (Å²) in [6.07, 6.45) is 0.549. The molecule has 2 aromatic carbocycles. The van der Waals surface area contributed by atoms with Crippen molar-refractivity contribution in [3.8, 4) is 0 Å². The van der Waals surface area contributed by atoms with Crippen LogP contribution < -0.4 is 10.6 Å². The fourth-order valence-corrected chi connectivity index (χ4v) is 5.14. The maximum Gasteiger partial charge on any atom is 0.407 e. The SMILES string of the molecule is O=C(NC(CO)CO)OC1CCCN(C2(Cc3cccc(Cl)c3)C(=O)Nc3cc(Cl)ccc32)C1.